The van der Waals surface area contributed by atoms with Crippen molar-refractivity contribution in [2.45, 2.75) is 12.5 Å². The third-order valence-corrected chi connectivity index (χ3v) is 6.29. The third kappa shape index (κ3) is 2.84. The van der Waals surface area contributed by atoms with Crippen molar-refractivity contribution >= 4 is 22.5 Å². The smallest absolute Gasteiger partial charge is 0.259 e. The van der Waals surface area contributed by atoms with Gasteiger partial charge < -0.3 is 9.88 Å². The Labute approximate surface area is 183 Å². The Morgan fingerprint density at radius 2 is 1.69 bits per heavy atom. The molecular formula is C26H20N4O2. The van der Waals surface area contributed by atoms with Gasteiger partial charge in [0.15, 0.2) is 0 Å². The molecule has 1 atom stereocenters. The number of nitrogens with zero attached hydrogens (tertiary/aromatic N) is 3. The minimum absolute atomic E-state index is 0.0896. The van der Waals surface area contributed by atoms with Gasteiger partial charge in [-0.15, -0.1) is 0 Å². The fourth-order valence-electron chi connectivity index (χ4n) is 4.74. The van der Waals surface area contributed by atoms with Crippen LogP contribution >= 0.6 is 0 Å². The van der Waals surface area contributed by atoms with E-state index >= 15 is 0 Å². The summed E-state index contributed by atoms with van der Waals surface area (Å²) in [5.41, 5.74) is 4.84. The van der Waals surface area contributed by atoms with Gasteiger partial charge in [-0.1, -0.05) is 66.7 Å². The van der Waals surface area contributed by atoms with Crippen LogP contribution in [-0.4, -0.2) is 31.9 Å². The number of H-pyrrole nitrogens is 1. The van der Waals surface area contributed by atoms with E-state index < -0.39 is 0 Å². The first-order chi connectivity index (χ1) is 15.7. The zero-order valence-electron chi connectivity index (χ0n) is 17.2. The summed E-state index contributed by atoms with van der Waals surface area (Å²) in [6.07, 6.45) is 1.55. The van der Waals surface area contributed by atoms with Crippen molar-refractivity contribution in [3.63, 3.8) is 0 Å². The lowest BCUT2D eigenvalue weighted by Crippen LogP contribution is -2.38. The second kappa shape index (κ2) is 7.20. The molecule has 2 aromatic heterocycles. The molecule has 0 fully saturated rings. The zero-order valence-corrected chi connectivity index (χ0v) is 17.2. The molecule has 1 unspecified atom stereocenters. The molecular weight excluding hydrogens is 400 g/mol. The van der Waals surface area contributed by atoms with Crippen LogP contribution in [0.2, 0.25) is 0 Å². The Morgan fingerprint density at radius 3 is 2.56 bits per heavy atom. The van der Waals surface area contributed by atoms with Gasteiger partial charge in [-0.2, -0.15) is 5.10 Å². The van der Waals surface area contributed by atoms with E-state index in [1.807, 2.05) is 53.4 Å². The SMILES string of the molecule is O=C(c1cnn2c1[nH]c(=O)c1ccccc12)N1Cc2ccccc2C(c2ccccc2)C1. The van der Waals surface area contributed by atoms with Gasteiger partial charge in [-0.05, 0) is 28.8 Å². The molecule has 1 N–H and O–H groups in total. The largest absolute Gasteiger partial charge is 0.333 e. The number of benzene rings is 3. The van der Waals surface area contributed by atoms with E-state index in [4.69, 9.17) is 0 Å². The maximum Gasteiger partial charge on any atom is 0.259 e. The number of hydrogen-bond donors (Lipinski definition) is 1. The standard InChI is InChI=1S/C26H20N4O2/c31-25-20-12-6-7-13-23(20)30-24(28-25)21(14-27-30)26(32)29-15-18-10-4-5-11-19(18)22(16-29)17-8-2-1-3-9-17/h1-14,22H,15-16H2,(H,28,31). The van der Waals surface area contributed by atoms with Gasteiger partial charge in [-0.25, -0.2) is 4.52 Å². The highest BCUT2D eigenvalue weighted by molar-refractivity contribution is 6.00. The van der Waals surface area contributed by atoms with Gasteiger partial charge in [-0.3, -0.25) is 9.59 Å². The molecule has 6 heteroatoms. The van der Waals surface area contributed by atoms with Crippen molar-refractivity contribution < 1.29 is 4.79 Å². The molecule has 6 rings (SSSR count). The summed E-state index contributed by atoms with van der Waals surface area (Å²) in [6.45, 7) is 1.09. The lowest BCUT2D eigenvalue weighted by atomic mass is 9.84. The predicted molar refractivity (Wildman–Crippen MR) is 123 cm³/mol. The van der Waals surface area contributed by atoms with Crippen LogP contribution in [0.15, 0.2) is 89.9 Å². The molecule has 32 heavy (non-hydrogen) atoms. The number of rotatable bonds is 2. The fraction of sp³-hybridized carbons (Fsp3) is 0.115. The quantitative estimate of drug-likeness (QED) is 0.470. The predicted octanol–water partition coefficient (Wildman–Crippen LogP) is 3.96. The Morgan fingerprint density at radius 1 is 0.938 bits per heavy atom. The number of aromatic amines is 1. The first-order valence-electron chi connectivity index (χ1n) is 10.6. The molecule has 1 amide bonds. The maximum absolute atomic E-state index is 13.7. The number of hydrogen-bond acceptors (Lipinski definition) is 3. The maximum atomic E-state index is 13.7. The minimum atomic E-state index is -0.228. The topological polar surface area (TPSA) is 70.5 Å². The molecule has 0 spiro atoms. The Hall–Kier alpha value is -4.19. The molecule has 3 aromatic carbocycles. The second-order valence-corrected chi connectivity index (χ2v) is 8.14. The molecule has 0 saturated carbocycles. The van der Waals surface area contributed by atoms with E-state index in [9.17, 15) is 9.59 Å². The van der Waals surface area contributed by atoms with Crippen molar-refractivity contribution in [2.24, 2.45) is 0 Å². The minimum Gasteiger partial charge on any atom is -0.333 e. The van der Waals surface area contributed by atoms with Crippen LogP contribution in [0.5, 0.6) is 0 Å². The highest BCUT2D eigenvalue weighted by atomic mass is 16.2. The molecule has 0 radical (unpaired) electrons. The Balaban J connectivity index is 1.45. The number of carbonyl (C=O) groups is 1. The summed E-state index contributed by atoms with van der Waals surface area (Å²) in [5, 5.41) is 4.96. The van der Waals surface area contributed by atoms with Crippen molar-refractivity contribution in [3.8, 4) is 0 Å². The zero-order chi connectivity index (χ0) is 21.7. The monoisotopic (exact) mass is 420 g/mol. The first kappa shape index (κ1) is 18.6. The molecule has 1 aliphatic rings. The van der Waals surface area contributed by atoms with Crippen LogP contribution in [0, 0.1) is 0 Å². The summed E-state index contributed by atoms with van der Waals surface area (Å²) in [6, 6.07) is 25.8. The Bertz CT molecular complexity index is 1530. The summed E-state index contributed by atoms with van der Waals surface area (Å²) in [7, 11) is 0. The lowest BCUT2D eigenvalue weighted by molar-refractivity contribution is 0.0727. The molecule has 6 nitrogen and oxygen atoms in total. The van der Waals surface area contributed by atoms with E-state index in [2.05, 4.69) is 34.3 Å². The number of amides is 1. The molecule has 3 heterocycles. The molecule has 0 saturated heterocycles. The highest BCUT2D eigenvalue weighted by Crippen LogP contribution is 2.34. The number of nitrogens with one attached hydrogen (secondary N) is 1. The highest BCUT2D eigenvalue weighted by Gasteiger charge is 2.31. The van der Waals surface area contributed by atoms with Crippen LogP contribution in [0.25, 0.3) is 16.6 Å². The van der Waals surface area contributed by atoms with Gasteiger partial charge in [0.2, 0.25) is 0 Å². The number of fused-ring (bicyclic) bond motifs is 4. The number of carbonyl (C=O) groups excluding carboxylic acids is 1. The molecule has 1 aliphatic heterocycles. The van der Waals surface area contributed by atoms with Crippen molar-refractivity contribution in [3.05, 3.63) is 118 Å². The van der Waals surface area contributed by atoms with Crippen molar-refractivity contribution in [1.29, 1.82) is 0 Å². The summed E-state index contributed by atoms with van der Waals surface area (Å²) >= 11 is 0. The average Bonchev–Trinajstić information content (AvgIpc) is 3.27. The van der Waals surface area contributed by atoms with E-state index in [1.165, 1.54) is 11.1 Å². The first-order valence-corrected chi connectivity index (χ1v) is 10.6. The summed E-state index contributed by atoms with van der Waals surface area (Å²) in [5.74, 6) is -0.0480. The van der Waals surface area contributed by atoms with E-state index in [0.29, 0.717) is 35.2 Å². The van der Waals surface area contributed by atoms with Crippen LogP contribution in [0.3, 0.4) is 0 Å². The third-order valence-electron chi connectivity index (χ3n) is 6.29. The van der Waals surface area contributed by atoms with Crippen molar-refractivity contribution in [1.82, 2.24) is 19.5 Å². The second-order valence-electron chi connectivity index (χ2n) is 8.14. The Kier molecular flexibility index (Phi) is 4.18. The molecule has 5 aromatic rings. The van der Waals surface area contributed by atoms with E-state index in [0.717, 1.165) is 5.56 Å². The van der Waals surface area contributed by atoms with Crippen LogP contribution in [0.1, 0.15) is 33.0 Å². The van der Waals surface area contributed by atoms with Crippen LogP contribution < -0.4 is 5.56 Å². The van der Waals surface area contributed by atoms with Crippen LogP contribution in [-0.2, 0) is 6.54 Å². The molecule has 156 valence electrons. The van der Waals surface area contributed by atoms with Gasteiger partial charge in [0.05, 0.1) is 17.1 Å². The van der Waals surface area contributed by atoms with Gasteiger partial charge in [0, 0.05) is 19.0 Å². The van der Waals surface area contributed by atoms with Gasteiger partial charge >= 0.3 is 0 Å². The van der Waals surface area contributed by atoms with Gasteiger partial charge in [0.25, 0.3) is 11.5 Å². The molecule has 0 aliphatic carbocycles. The lowest BCUT2D eigenvalue weighted by Gasteiger charge is -2.35. The van der Waals surface area contributed by atoms with E-state index in [-0.39, 0.29) is 17.4 Å². The fourth-order valence-corrected chi connectivity index (χ4v) is 4.74. The average molecular weight is 420 g/mol. The summed E-state index contributed by atoms with van der Waals surface area (Å²) in [4.78, 5) is 31.0. The van der Waals surface area contributed by atoms with E-state index in [1.54, 1.807) is 16.8 Å². The van der Waals surface area contributed by atoms with Crippen molar-refractivity contribution in [2.75, 3.05) is 6.54 Å². The normalized spacial score (nSPS) is 15.8. The number of para-hydroxylation sites is 1. The van der Waals surface area contributed by atoms with Gasteiger partial charge in [0.1, 0.15) is 11.2 Å². The molecule has 0 bridgehead atoms. The van der Waals surface area contributed by atoms with Crippen LogP contribution in [0.4, 0.5) is 0 Å². The summed E-state index contributed by atoms with van der Waals surface area (Å²) < 4.78 is 1.64. The number of aromatic nitrogens is 3.